The summed E-state index contributed by atoms with van der Waals surface area (Å²) in [6, 6.07) is 16.3. The molecule has 6 heteroatoms. The zero-order chi connectivity index (χ0) is 23.4. The molecule has 1 aliphatic heterocycles. The van der Waals surface area contributed by atoms with Crippen molar-refractivity contribution in [2.24, 2.45) is 0 Å². The summed E-state index contributed by atoms with van der Waals surface area (Å²) in [6.07, 6.45) is 4.52. The van der Waals surface area contributed by atoms with Crippen LogP contribution in [-0.4, -0.2) is 34.8 Å². The van der Waals surface area contributed by atoms with Gasteiger partial charge in [-0.1, -0.05) is 48.0 Å². The third-order valence-corrected chi connectivity index (χ3v) is 6.25. The Morgan fingerprint density at radius 3 is 2.42 bits per heavy atom. The molecule has 6 nitrogen and oxygen atoms in total. The van der Waals surface area contributed by atoms with E-state index < -0.39 is 11.8 Å². The molecule has 0 saturated carbocycles. The summed E-state index contributed by atoms with van der Waals surface area (Å²) in [7, 11) is 0. The van der Waals surface area contributed by atoms with Crippen molar-refractivity contribution < 1.29 is 9.59 Å². The summed E-state index contributed by atoms with van der Waals surface area (Å²) >= 11 is 0. The molecule has 0 aliphatic carbocycles. The zero-order valence-electron chi connectivity index (χ0n) is 19.4. The molecule has 0 unspecified atom stereocenters. The first kappa shape index (κ1) is 22.7. The zero-order valence-corrected chi connectivity index (χ0v) is 19.4. The number of aromatic nitrogens is 1. The maximum absolute atomic E-state index is 12.7. The van der Waals surface area contributed by atoms with Crippen LogP contribution in [0.3, 0.4) is 0 Å². The molecular weight excluding hydrogens is 412 g/mol. The molecule has 0 radical (unpaired) electrons. The van der Waals surface area contributed by atoms with Gasteiger partial charge in [0.1, 0.15) is 0 Å². The number of anilines is 1. The molecule has 0 fully saturated rings. The number of amides is 2. The number of pyridine rings is 1. The third-order valence-electron chi connectivity index (χ3n) is 6.25. The van der Waals surface area contributed by atoms with Crippen molar-refractivity contribution in [1.82, 2.24) is 15.2 Å². The lowest BCUT2D eigenvalue weighted by atomic mass is 9.97. The summed E-state index contributed by atoms with van der Waals surface area (Å²) in [5.41, 5.74) is 7.37. The quantitative estimate of drug-likeness (QED) is 0.589. The van der Waals surface area contributed by atoms with E-state index in [1.807, 2.05) is 51.2 Å². The van der Waals surface area contributed by atoms with Crippen molar-refractivity contribution in [3.05, 3.63) is 94.3 Å². The first-order valence-electron chi connectivity index (χ1n) is 11.3. The minimum Gasteiger partial charge on any atom is -0.346 e. The highest BCUT2D eigenvalue weighted by Gasteiger charge is 2.26. The van der Waals surface area contributed by atoms with Crippen LogP contribution in [0.4, 0.5) is 5.69 Å². The van der Waals surface area contributed by atoms with Crippen molar-refractivity contribution in [3.63, 3.8) is 0 Å². The smallest absolute Gasteiger partial charge is 0.313 e. The van der Waals surface area contributed by atoms with Crippen molar-refractivity contribution in [2.45, 2.75) is 39.8 Å². The SMILES string of the molecule is Cc1cc(C)c(NC(=O)C(=O)NC[C@H](c2cccnc2)N2CCc3ccccc3C2)c(C)c1. The van der Waals surface area contributed by atoms with E-state index in [0.717, 1.165) is 41.8 Å². The minimum atomic E-state index is -0.654. The fourth-order valence-electron chi connectivity index (χ4n) is 4.63. The van der Waals surface area contributed by atoms with Crippen LogP contribution in [0.2, 0.25) is 0 Å². The highest BCUT2D eigenvalue weighted by atomic mass is 16.2. The number of carbonyl (C=O) groups excluding carboxylic acids is 2. The number of hydrogen-bond acceptors (Lipinski definition) is 4. The molecule has 0 bridgehead atoms. The van der Waals surface area contributed by atoms with E-state index in [2.05, 4.69) is 44.8 Å². The van der Waals surface area contributed by atoms with Crippen LogP contribution >= 0.6 is 0 Å². The summed E-state index contributed by atoms with van der Waals surface area (Å²) in [5, 5.41) is 5.64. The van der Waals surface area contributed by atoms with Gasteiger partial charge in [-0.2, -0.15) is 0 Å². The second kappa shape index (κ2) is 9.96. The Morgan fingerprint density at radius 1 is 1.00 bits per heavy atom. The molecule has 2 amide bonds. The Balaban J connectivity index is 1.46. The van der Waals surface area contributed by atoms with Gasteiger partial charge in [0.2, 0.25) is 0 Å². The number of carbonyl (C=O) groups is 2. The van der Waals surface area contributed by atoms with E-state index in [9.17, 15) is 9.59 Å². The van der Waals surface area contributed by atoms with Crippen LogP contribution in [-0.2, 0) is 22.6 Å². The highest BCUT2D eigenvalue weighted by molar-refractivity contribution is 6.39. The molecule has 0 saturated heterocycles. The molecule has 33 heavy (non-hydrogen) atoms. The number of hydrogen-bond donors (Lipinski definition) is 2. The first-order valence-corrected chi connectivity index (χ1v) is 11.3. The Morgan fingerprint density at radius 2 is 1.73 bits per heavy atom. The maximum Gasteiger partial charge on any atom is 0.313 e. The van der Waals surface area contributed by atoms with Crippen LogP contribution < -0.4 is 10.6 Å². The summed E-state index contributed by atoms with van der Waals surface area (Å²) in [6.45, 7) is 7.86. The Bertz CT molecular complexity index is 1140. The lowest BCUT2D eigenvalue weighted by Crippen LogP contribution is -2.43. The normalized spacial score (nSPS) is 14.3. The number of aryl methyl sites for hydroxylation is 3. The molecule has 1 atom stereocenters. The van der Waals surface area contributed by atoms with Gasteiger partial charge >= 0.3 is 11.8 Å². The lowest BCUT2D eigenvalue weighted by Gasteiger charge is -2.35. The average Bonchev–Trinajstić information content (AvgIpc) is 2.81. The monoisotopic (exact) mass is 442 g/mol. The van der Waals surface area contributed by atoms with Crippen LogP contribution in [0.25, 0.3) is 0 Å². The van der Waals surface area contributed by atoms with Crippen molar-refractivity contribution in [3.8, 4) is 0 Å². The number of nitrogens with zero attached hydrogens (tertiary/aromatic N) is 2. The number of benzene rings is 2. The van der Waals surface area contributed by atoms with Crippen molar-refractivity contribution in [2.75, 3.05) is 18.4 Å². The van der Waals surface area contributed by atoms with E-state index in [1.54, 1.807) is 6.20 Å². The largest absolute Gasteiger partial charge is 0.346 e. The molecule has 2 heterocycles. The van der Waals surface area contributed by atoms with Gasteiger partial charge in [0.05, 0.1) is 6.04 Å². The third kappa shape index (κ3) is 5.29. The molecule has 2 aromatic carbocycles. The molecule has 1 aliphatic rings. The molecular formula is C27H30N4O2. The van der Waals surface area contributed by atoms with Gasteiger partial charge in [0, 0.05) is 37.7 Å². The summed E-state index contributed by atoms with van der Waals surface area (Å²) in [5.74, 6) is -1.29. The molecule has 2 N–H and O–H groups in total. The van der Waals surface area contributed by atoms with E-state index in [1.165, 1.54) is 11.1 Å². The summed E-state index contributed by atoms with van der Waals surface area (Å²) < 4.78 is 0. The molecule has 4 rings (SSSR count). The molecule has 170 valence electrons. The van der Waals surface area contributed by atoms with Gasteiger partial charge in [-0.25, -0.2) is 0 Å². The number of nitrogens with one attached hydrogen (secondary N) is 2. The predicted octanol–water partition coefficient (Wildman–Crippen LogP) is 3.86. The van der Waals surface area contributed by atoms with Crippen LogP contribution in [0.1, 0.15) is 39.4 Å². The fourth-order valence-corrected chi connectivity index (χ4v) is 4.63. The van der Waals surface area contributed by atoms with E-state index in [4.69, 9.17) is 0 Å². The molecule has 0 spiro atoms. The summed E-state index contributed by atoms with van der Waals surface area (Å²) in [4.78, 5) is 31.9. The van der Waals surface area contributed by atoms with Gasteiger partial charge in [-0.05, 0) is 61.1 Å². The topological polar surface area (TPSA) is 74.3 Å². The van der Waals surface area contributed by atoms with E-state index in [-0.39, 0.29) is 6.04 Å². The second-order valence-electron chi connectivity index (χ2n) is 8.73. The van der Waals surface area contributed by atoms with Gasteiger partial charge in [-0.15, -0.1) is 0 Å². The van der Waals surface area contributed by atoms with Gasteiger partial charge in [0.25, 0.3) is 0 Å². The van der Waals surface area contributed by atoms with Gasteiger partial charge in [-0.3, -0.25) is 19.5 Å². The van der Waals surface area contributed by atoms with E-state index in [0.29, 0.717) is 12.2 Å². The van der Waals surface area contributed by atoms with Crippen molar-refractivity contribution >= 4 is 17.5 Å². The van der Waals surface area contributed by atoms with Crippen molar-refractivity contribution in [1.29, 1.82) is 0 Å². The van der Waals surface area contributed by atoms with Crippen LogP contribution in [0.5, 0.6) is 0 Å². The minimum absolute atomic E-state index is 0.0772. The fraction of sp³-hybridized carbons (Fsp3) is 0.296. The first-order chi connectivity index (χ1) is 15.9. The highest BCUT2D eigenvalue weighted by Crippen LogP contribution is 2.27. The number of fused-ring (bicyclic) bond motifs is 1. The average molecular weight is 443 g/mol. The molecule has 3 aromatic rings. The molecule has 1 aromatic heterocycles. The van der Waals surface area contributed by atoms with Crippen LogP contribution in [0, 0.1) is 20.8 Å². The Hall–Kier alpha value is -3.51. The van der Waals surface area contributed by atoms with Gasteiger partial charge < -0.3 is 10.6 Å². The lowest BCUT2D eigenvalue weighted by molar-refractivity contribution is -0.136. The Labute approximate surface area is 195 Å². The standard InChI is InChI=1S/C27H30N4O2/c1-18-13-19(2)25(20(3)14-18)30-27(33)26(32)29-16-24(22-9-6-11-28-15-22)31-12-10-21-7-4-5-8-23(21)17-31/h4-9,11,13-15,24H,10,12,16-17H2,1-3H3,(H,29,32)(H,30,33)/t24-/m1/s1. The predicted molar refractivity (Wildman–Crippen MR) is 130 cm³/mol. The number of rotatable bonds is 5. The van der Waals surface area contributed by atoms with Crippen LogP contribution in [0.15, 0.2) is 60.9 Å². The second-order valence-corrected chi connectivity index (χ2v) is 8.73. The van der Waals surface area contributed by atoms with Gasteiger partial charge in [0.15, 0.2) is 0 Å². The Kier molecular flexibility index (Phi) is 6.84. The van der Waals surface area contributed by atoms with E-state index >= 15 is 0 Å². The maximum atomic E-state index is 12.7.